The van der Waals surface area contributed by atoms with E-state index in [4.69, 9.17) is 10.5 Å². The van der Waals surface area contributed by atoms with E-state index in [0.29, 0.717) is 0 Å². The summed E-state index contributed by atoms with van der Waals surface area (Å²) < 4.78 is 4.00. The number of aliphatic hydroxyl groups is 1. The second kappa shape index (κ2) is 3.15. The maximum absolute atomic E-state index is 10.1. The molecular formula is C4H7NO3. The first-order valence-electron chi connectivity index (χ1n) is 2.01. The van der Waals surface area contributed by atoms with Crippen molar-refractivity contribution in [1.82, 2.24) is 0 Å². The minimum Gasteiger partial charge on any atom is -0.434 e. The number of carbonyl (C=O) groups excluding carboxylic acids is 1. The van der Waals surface area contributed by atoms with Gasteiger partial charge in [-0.1, -0.05) is 0 Å². The first-order chi connectivity index (χ1) is 3.68. The molecule has 4 nitrogen and oxygen atoms in total. The number of aliphatic hydroxyl groups excluding tert-OH is 1. The maximum Gasteiger partial charge on any atom is 0.353 e. The largest absolute Gasteiger partial charge is 0.434 e. The van der Waals surface area contributed by atoms with Crippen LogP contribution in [0.1, 0.15) is 6.92 Å². The molecule has 2 N–H and O–H groups in total. The second-order valence-corrected chi connectivity index (χ2v) is 1.19. The molecule has 4 heteroatoms. The van der Waals surface area contributed by atoms with E-state index in [-0.39, 0.29) is 5.71 Å². The highest BCUT2D eigenvalue weighted by molar-refractivity contribution is 6.33. The molecule has 0 aliphatic carbocycles. The molecule has 0 fully saturated rings. The van der Waals surface area contributed by atoms with Crippen LogP contribution in [0, 0.1) is 5.41 Å². The van der Waals surface area contributed by atoms with Crippen LogP contribution in [0.3, 0.4) is 0 Å². The molecule has 0 amide bonds. The lowest BCUT2D eigenvalue weighted by molar-refractivity contribution is -0.143. The maximum atomic E-state index is 10.1. The van der Waals surface area contributed by atoms with E-state index in [2.05, 4.69) is 4.74 Å². The van der Waals surface area contributed by atoms with Gasteiger partial charge in [0.1, 0.15) is 5.71 Å². The summed E-state index contributed by atoms with van der Waals surface area (Å²) in [7, 11) is 0. The molecule has 0 aromatic rings. The van der Waals surface area contributed by atoms with Crippen LogP contribution in [0.25, 0.3) is 0 Å². The SMILES string of the molecule is CC(=N)C(=O)OCO. The smallest absolute Gasteiger partial charge is 0.353 e. The molecule has 0 saturated carbocycles. The first kappa shape index (κ1) is 7.10. The molecule has 0 atom stereocenters. The van der Waals surface area contributed by atoms with Gasteiger partial charge in [0.05, 0.1) is 0 Å². The van der Waals surface area contributed by atoms with Crippen molar-refractivity contribution < 1.29 is 14.6 Å². The minimum atomic E-state index is -0.785. The Labute approximate surface area is 46.6 Å². The van der Waals surface area contributed by atoms with Gasteiger partial charge in [0.25, 0.3) is 0 Å². The number of hydrogen-bond acceptors (Lipinski definition) is 4. The zero-order chi connectivity index (χ0) is 6.57. The van der Waals surface area contributed by atoms with Crippen LogP contribution in [0.2, 0.25) is 0 Å². The highest BCUT2D eigenvalue weighted by Crippen LogP contribution is 1.76. The molecule has 0 bridgehead atoms. The Morgan fingerprint density at radius 1 is 1.88 bits per heavy atom. The summed E-state index contributed by atoms with van der Waals surface area (Å²) >= 11 is 0. The molecule has 0 spiro atoms. The summed E-state index contributed by atoms with van der Waals surface area (Å²) in [6, 6.07) is 0. The van der Waals surface area contributed by atoms with E-state index in [9.17, 15) is 4.79 Å². The monoisotopic (exact) mass is 117 g/mol. The molecule has 0 aromatic carbocycles. The quantitative estimate of drug-likeness (QED) is 0.291. The summed E-state index contributed by atoms with van der Waals surface area (Å²) in [6.45, 7) is 0.632. The molecular weight excluding hydrogens is 110 g/mol. The lowest BCUT2D eigenvalue weighted by atomic mass is 10.4. The third-order valence-corrected chi connectivity index (χ3v) is 0.502. The van der Waals surface area contributed by atoms with E-state index in [1.165, 1.54) is 6.92 Å². The van der Waals surface area contributed by atoms with Crippen LogP contribution in [-0.2, 0) is 9.53 Å². The molecule has 0 rings (SSSR count). The van der Waals surface area contributed by atoms with Crippen LogP contribution < -0.4 is 0 Å². The average molecular weight is 117 g/mol. The van der Waals surface area contributed by atoms with Crippen molar-refractivity contribution in [1.29, 1.82) is 5.41 Å². The molecule has 0 saturated heterocycles. The Morgan fingerprint density at radius 2 is 2.38 bits per heavy atom. The fourth-order valence-corrected chi connectivity index (χ4v) is 0.167. The molecule has 0 aromatic heterocycles. The van der Waals surface area contributed by atoms with Crippen molar-refractivity contribution in [3.63, 3.8) is 0 Å². The average Bonchev–Trinajstić information content (AvgIpc) is 1.67. The van der Waals surface area contributed by atoms with Crippen molar-refractivity contribution >= 4 is 11.7 Å². The predicted octanol–water partition coefficient (Wildman–Crippen LogP) is -0.481. The van der Waals surface area contributed by atoms with E-state index < -0.39 is 12.8 Å². The van der Waals surface area contributed by atoms with Crippen molar-refractivity contribution in [2.24, 2.45) is 0 Å². The van der Waals surface area contributed by atoms with Crippen molar-refractivity contribution in [2.45, 2.75) is 6.92 Å². The zero-order valence-corrected chi connectivity index (χ0v) is 4.47. The van der Waals surface area contributed by atoms with Gasteiger partial charge in [0.2, 0.25) is 0 Å². The van der Waals surface area contributed by atoms with Crippen LogP contribution >= 0.6 is 0 Å². The van der Waals surface area contributed by atoms with Crippen molar-refractivity contribution in [3.8, 4) is 0 Å². The molecule has 0 aliphatic heterocycles. The Hall–Kier alpha value is -0.900. The molecule has 0 radical (unpaired) electrons. The van der Waals surface area contributed by atoms with E-state index in [1.54, 1.807) is 0 Å². The summed E-state index contributed by atoms with van der Waals surface area (Å²) in [4.78, 5) is 10.1. The Morgan fingerprint density at radius 3 is 2.50 bits per heavy atom. The van der Waals surface area contributed by atoms with Crippen LogP contribution in [0.4, 0.5) is 0 Å². The topological polar surface area (TPSA) is 70.4 Å². The third kappa shape index (κ3) is 2.30. The first-order valence-corrected chi connectivity index (χ1v) is 2.01. The van der Waals surface area contributed by atoms with Gasteiger partial charge < -0.3 is 9.84 Å². The fourth-order valence-electron chi connectivity index (χ4n) is 0.167. The number of ether oxygens (including phenoxy) is 1. The number of nitrogens with one attached hydrogen (secondary N) is 1. The Balaban J connectivity index is 3.49. The highest BCUT2D eigenvalue weighted by Gasteiger charge is 2.01. The zero-order valence-electron chi connectivity index (χ0n) is 4.47. The lowest BCUT2D eigenvalue weighted by Crippen LogP contribution is -2.13. The van der Waals surface area contributed by atoms with Gasteiger partial charge in [0, 0.05) is 0 Å². The van der Waals surface area contributed by atoms with Gasteiger partial charge in [-0.05, 0) is 6.92 Å². The van der Waals surface area contributed by atoms with Crippen LogP contribution in [0.15, 0.2) is 0 Å². The summed E-state index contributed by atoms with van der Waals surface area (Å²) in [5, 5.41) is 14.6. The standard InChI is InChI=1S/C4H7NO3/c1-3(5)4(7)8-2-6/h5-6H,2H2,1H3. The normalized spacial score (nSPS) is 8.25. The molecule has 0 heterocycles. The van der Waals surface area contributed by atoms with Crippen LogP contribution in [-0.4, -0.2) is 23.6 Å². The van der Waals surface area contributed by atoms with Crippen LogP contribution in [0.5, 0.6) is 0 Å². The summed E-state index contributed by atoms with van der Waals surface area (Å²) in [6.07, 6.45) is 0. The molecule has 0 aliphatic rings. The second-order valence-electron chi connectivity index (χ2n) is 1.19. The van der Waals surface area contributed by atoms with Crippen molar-refractivity contribution in [3.05, 3.63) is 0 Å². The summed E-state index contributed by atoms with van der Waals surface area (Å²) in [5.41, 5.74) is -0.209. The Kier molecular flexibility index (Phi) is 2.79. The molecule has 46 valence electrons. The van der Waals surface area contributed by atoms with Gasteiger partial charge >= 0.3 is 5.97 Å². The number of carbonyl (C=O) groups is 1. The van der Waals surface area contributed by atoms with Gasteiger partial charge in [-0.3, -0.25) is 5.41 Å². The van der Waals surface area contributed by atoms with Gasteiger partial charge in [-0.2, -0.15) is 0 Å². The van der Waals surface area contributed by atoms with Gasteiger partial charge in [-0.15, -0.1) is 0 Å². The molecule has 8 heavy (non-hydrogen) atoms. The molecule has 0 unspecified atom stereocenters. The number of rotatable bonds is 2. The van der Waals surface area contributed by atoms with E-state index in [0.717, 1.165) is 0 Å². The predicted molar refractivity (Wildman–Crippen MR) is 26.6 cm³/mol. The third-order valence-electron chi connectivity index (χ3n) is 0.502. The highest BCUT2D eigenvalue weighted by atomic mass is 16.6. The van der Waals surface area contributed by atoms with Crippen molar-refractivity contribution in [2.75, 3.05) is 6.79 Å². The number of esters is 1. The lowest BCUT2D eigenvalue weighted by Gasteiger charge is -1.94. The summed E-state index contributed by atoms with van der Waals surface area (Å²) in [5.74, 6) is -0.785. The fraction of sp³-hybridized carbons (Fsp3) is 0.500. The Bertz CT molecular complexity index is 110. The minimum absolute atomic E-state index is 0.209. The van der Waals surface area contributed by atoms with Gasteiger partial charge in [0.15, 0.2) is 6.79 Å². The van der Waals surface area contributed by atoms with E-state index >= 15 is 0 Å². The van der Waals surface area contributed by atoms with Gasteiger partial charge in [-0.25, -0.2) is 4.79 Å². The van der Waals surface area contributed by atoms with E-state index in [1.807, 2.05) is 0 Å². The number of hydrogen-bond donors (Lipinski definition) is 2.